The molecule has 0 bridgehead atoms. The first kappa shape index (κ1) is 13.6. The summed E-state index contributed by atoms with van der Waals surface area (Å²) >= 11 is 0. The highest BCUT2D eigenvalue weighted by Crippen LogP contribution is 2.25. The lowest BCUT2D eigenvalue weighted by molar-refractivity contribution is 0.101. The van der Waals surface area contributed by atoms with Crippen molar-refractivity contribution >= 4 is 5.78 Å². The van der Waals surface area contributed by atoms with Crippen LogP contribution in [0.15, 0.2) is 12.1 Å². The Morgan fingerprint density at radius 1 is 1.29 bits per heavy atom. The van der Waals surface area contributed by atoms with Crippen LogP contribution in [-0.4, -0.2) is 12.4 Å². The third-order valence-corrected chi connectivity index (χ3v) is 2.38. The van der Waals surface area contributed by atoms with Gasteiger partial charge in [0, 0.05) is 6.07 Å². The van der Waals surface area contributed by atoms with Crippen LogP contribution in [0.1, 0.15) is 43.5 Å². The monoisotopic (exact) mass is 242 g/mol. The topological polar surface area (TPSA) is 26.3 Å². The Bertz CT molecular complexity index is 403. The number of hydrogen-bond acceptors (Lipinski definition) is 2. The molecule has 1 aromatic carbocycles. The van der Waals surface area contributed by atoms with Crippen molar-refractivity contribution in [2.75, 3.05) is 6.61 Å². The van der Waals surface area contributed by atoms with Gasteiger partial charge in [0.15, 0.2) is 17.3 Å². The summed E-state index contributed by atoms with van der Waals surface area (Å²) in [6.07, 6.45) is 2.78. The van der Waals surface area contributed by atoms with Gasteiger partial charge in [-0.2, -0.15) is 0 Å². The lowest BCUT2D eigenvalue weighted by Crippen LogP contribution is -2.06. The first-order valence-electron chi connectivity index (χ1n) is 5.69. The van der Waals surface area contributed by atoms with Crippen molar-refractivity contribution in [2.45, 2.75) is 33.1 Å². The van der Waals surface area contributed by atoms with Crippen LogP contribution in [0.25, 0.3) is 0 Å². The number of benzene rings is 1. The largest absolute Gasteiger partial charge is 0.490 e. The predicted octanol–water partition coefficient (Wildman–Crippen LogP) is 3.74. The molecule has 0 heterocycles. The maximum absolute atomic E-state index is 13.5. The molecule has 0 aliphatic heterocycles. The fourth-order valence-corrected chi connectivity index (χ4v) is 1.49. The Hall–Kier alpha value is -1.45. The van der Waals surface area contributed by atoms with Crippen LogP contribution in [0.4, 0.5) is 8.78 Å². The highest BCUT2D eigenvalue weighted by atomic mass is 19.1. The van der Waals surface area contributed by atoms with Crippen molar-refractivity contribution in [1.29, 1.82) is 0 Å². The van der Waals surface area contributed by atoms with Crippen LogP contribution in [0, 0.1) is 11.6 Å². The van der Waals surface area contributed by atoms with Crippen LogP contribution < -0.4 is 4.74 Å². The number of ether oxygens (including phenoxy) is 1. The summed E-state index contributed by atoms with van der Waals surface area (Å²) in [6.45, 7) is 3.63. The van der Waals surface area contributed by atoms with Crippen molar-refractivity contribution in [3.63, 3.8) is 0 Å². The van der Waals surface area contributed by atoms with Gasteiger partial charge in [-0.15, -0.1) is 0 Å². The number of carbonyl (C=O) groups is 1. The van der Waals surface area contributed by atoms with E-state index in [9.17, 15) is 13.6 Å². The van der Waals surface area contributed by atoms with Crippen molar-refractivity contribution in [2.24, 2.45) is 0 Å². The minimum absolute atomic E-state index is 0.0426. The maximum atomic E-state index is 13.5. The normalized spacial score (nSPS) is 10.4. The van der Waals surface area contributed by atoms with Crippen molar-refractivity contribution < 1.29 is 18.3 Å². The number of rotatable bonds is 6. The molecule has 0 radical (unpaired) electrons. The number of carbonyl (C=O) groups excluding carboxylic acids is 1. The summed E-state index contributed by atoms with van der Waals surface area (Å²) in [4.78, 5) is 11.2. The highest BCUT2D eigenvalue weighted by Gasteiger charge is 2.15. The first-order valence-corrected chi connectivity index (χ1v) is 5.69. The van der Waals surface area contributed by atoms with Gasteiger partial charge in [0.05, 0.1) is 12.2 Å². The second-order valence-corrected chi connectivity index (χ2v) is 3.88. The van der Waals surface area contributed by atoms with E-state index in [1.807, 2.05) is 6.92 Å². The molecule has 1 rings (SSSR count). The Morgan fingerprint density at radius 2 is 2.00 bits per heavy atom. The number of halogens is 2. The second kappa shape index (κ2) is 6.33. The zero-order chi connectivity index (χ0) is 12.8. The standard InChI is InChI=1S/C13H16F2O2/c1-3-4-5-6-17-13-11(9(2)16)7-10(14)8-12(13)15/h7-8H,3-6H2,1-2H3. The SMILES string of the molecule is CCCCCOc1c(F)cc(F)cc1C(C)=O. The van der Waals surface area contributed by atoms with E-state index in [2.05, 4.69) is 0 Å². The minimum Gasteiger partial charge on any atom is -0.490 e. The smallest absolute Gasteiger partial charge is 0.168 e. The van der Waals surface area contributed by atoms with E-state index in [0.717, 1.165) is 31.4 Å². The molecule has 0 aliphatic rings. The first-order chi connectivity index (χ1) is 8.06. The molecule has 0 atom stereocenters. The molecule has 1 aromatic rings. The molecule has 0 aliphatic carbocycles. The lowest BCUT2D eigenvalue weighted by Gasteiger charge is -2.10. The van der Waals surface area contributed by atoms with Gasteiger partial charge < -0.3 is 4.74 Å². The van der Waals surface area contributed by atoms with Crippen LogP contribution in [-0.2, 0) is 0 Å². The third kappa shape index (κ3) is 3.80. The molecule has 0 amide bonds. The number of ketones is 1. The summed E-state index contributed by atoms with van der Waals surface area (Å²) in [5.41, 5.74) is -0.0426. The van der Waals surface area contributed by atoms with Gasteiger partial charge in [0.1, 0.15) is 5.82 Å². The Morgan fingerprint density at radius 3 is 2.59 bits per heavy atom. The average Bonchev–Trinajstić information content (AvgIpc) is 2.25. The molecule has 2 nitrogen and oxygen atoms in total. The predicted molar refractivity (Wildman–Crippen MR) is 61.4 cm³/mol. The lowest BCUT2D eigenvalue weighted by atomic mass is 10.1. The van der Waals surface area contributed by atoms with Crippen LogP contribution in [0.5, 0.6) is 5.75 Å². The van der Waals surface area contributed by atoms with Gasteiger partial charge in [-0.3, -0.25) is 4.79 Å². The zero-order valence-electron chi connectivity index (χ0n) is 10.1. The van der Waals surface area contributed by atoms with Gasteiger partial charge in [0.2, 0.25) is 0 Å². The fraction of sp³-hybridized carbons (Fsp3) is 0.462. The summed E-state index contributed by atoms with van der Waals surface area (Å²) in [7, 11) is 0. The molecule has 0 saturated heterocycles. The molecule has 0 aromatic heterocycles. The average molecular weight is 242 g/mol. The number of hydrogen-bond donors (Lipinski definition) is 0. The maximum Gasteiger partial charge on any atom is 0.168 e. The van der Waals surface area contributed by atoms with Crippen LogP contribution in [0.2, 0.25) is 0 Å². The Labute approximate surface area is 99.6 Å². The summed E-state index contributed by atoms with van der Waals surface area (Å²) in [6, 6.07) is 1.72. The Balaban J connectivity index is 2.85. The van der Waals surface area contributed by atoms with Crippen LogP contribution in [0.3, 0.4) is 0 Å². The molecular weight excluding hydrogens is 226 g/mol. The van der Waals surface area contributed by atoms with Crippen molar-refractivity contribution in [3.8, 4) is 5.75 Å². The molecule has 0 fully saturated rings. The van der Waals surface area contributed by atoms with Crippen molar-refractivity contribution in [1.82, 2.24) is 0 Å². The third-order valence-electron chi connectivity index (χ3n) is 2.38. The summed E-state index contributed by atoms with van der Waals surface area (Å²) in [5, 5.41) is 0. The molecule has 94 valence electrons. The van der Waals surface area contributed by atoms with Gasteiger partial charge >= 0.3 is 0 Å². The number of unbranched alkanes of at least 4 members (excludes halogenated alkanes) is 2. The van der Waals surface area contributed by atoms with Crippen molar-refractivity contribution in [3.05, 3.63) is 29.3 Å². The van der Waals surface area contributed by atoms with Gasteiger partial charge in [-0.1, -0.05) is 19.8 Å². The second-order valence-electron chi connectivity index (χ2n) is 3.88. The zero-order valence-corrected chi connectivity index (χ0v) is 10.1. The summed E-state index contributed by atoms with van der Waals surface area (Å²) < 4.78 is 31.7. The highest BCUT2D eigenvalue weighted by molar-refractivity contribution is 5.96. The van der Waals surface area contributed by atoms with E-state index < -0.39 is 17.4 Å². The van der Waals surface area contributed by atoms with Gasteiger partial charge in [-0.25, -0.2) is 8.78 Å². The molecular formula is C13H16F2O2. The van der Waals surface area contributed by atoms with E-state index in [1.54, 1.807) is 0 Å². The van der Waals surface area contributed by atoms with Crippen LogP contribution >= 0.6 is 0 Å². The quantitative estimate of drug-likeness (QED) is 0.561. The molecule has 17 heavy (non-hydrogen) atoms. The summed E-state index contributed by atoms with van der Waals surface area (Å²) in [5.74, 6) is -2.15. The minimum atomic E-state index is -0.827. The van der Waals surface area contributed by atoms with E-state index in [1.165, 1.54) is 6.92 Å². The van der Waals surface area contributed by atoms with Gasteiger partial charge in [0.25, 0.3) is 0 Å². The van der Waals surface area contributed by atoms with E-state index in [-0.39, 0.29) is 11.3 Å². The van der Waals surface area contributed by atoms with E-state index >= 15 is 0 Å². The van der Waals surface area contributed by atoms with E-state index in [0.29, 0.717) is 6.61 Å². The molecule has 0 saturated carbocycles. The Kier molecular flexibility index (Phi) is 5.07. The molecule has 0 unspecified atom stereocenters. The number of Topliss-reactive ketones (excluding diaryl/α,β-unsaturated/α-hetero) is 1. The molecule has 0 spiro atoms. The molecule has 0 N–H and O–H groups in total. The fourth-order valence-electron chi connectivity index (χ4n) is 1.49. The van der Waals surface area contributed by atoms with Gasteiger partial charge in [-0.05, 0) is 19.4 Å². The molecule has 4 heteroatoms. The van der Waals surface area contributed by atoms with E-state index in [4.69, 9.17) is 4.74 Å².